The molecule has 0 bridgehead atoms. The van der Waals surface area contributed by atoms with Gasteiger partial charge in [-0.25, -0.2) is 4.39 Å². The van der Waals surface area contributed by atoms with E-state index < -0.39 is 0 Å². The summed E-state index contributed by atoms with van der Waals surface area (Å²) in [5, 5.41) is 0. The van der Waals surface area contributed by atoms with E-state index in [1.54, 1.807) is 13.0 Å². The van der Waals surface area contributed by atoms with Crippen molar-refractivity contribution in [3.05, 3.63) is 35.1 Å². The van der Waals surface area contributed by atoms with Crippen molar-refractivity contribution in [2.75, 3.05) is 0 Å². The Labute approximate surface area is 61.5 Å². The molecule has 0 atom stereocenters. The zero-order valence-electron chi connectivity index (χ0n) is 5.89. The first-order chi connectivity index (χ1) is 4.75. The standard InChI is InChI=1S/C8H8BF/c1-6-7(5-9)3-2-4-8(6)10/h2-4H,5H2,1H3. The highest BCUT2D eigenvalue weighted by Gasteiger charge is 1.98. The average molecular weight is 134 g/mol. The molecule has 0 unspecified atom stereocenters. The first-order valence-electron chi connectivity index (χ1n) is 3.19. The van der Waals surface area contributed by atoms with E-state index in [-0.39, 0.29) is 5.82 Å². The van der Waals surface area contributed by atoms with Crippen molar-refractivity contribution in [1.82, 2.24) is 0 Å². The Morgan fingerprint density at radius 3 is 2.70 bits per heavy atom. The minimum Gasteiger partial charge on any atom is -0.207 e. The maximum absolute atomic E-state index is 12.7. The predicted octanol–water partition coefficient (Wildman–Crippen LogP) is 1.80. The van der Waals surface area contributed by atoms with E-state index in [0.29, 0.717) is 11.9 Å². The van der Waals surface area contributed by atoms with Gasteiger partial charge in [0.1, 0.15) is 5.82 Å². The molecule has 0 aliphatic heterocycles. The number of halogens is 1. The molecular formula is C8H8BF. The highest BCUT2D eigenvalue weighted by atomic mass is 19.1. The maximum Gasteiger partial charge on any atom is 0.126 e. The van der Waals surface area contributed by atoms with Gasteiger partial charge in [-0.15, -0.1) is 0 Å². The molecule has 0 amide bonds. The summed E-state index contributed by atoms with van der Waals surface area (Å²) in [5.41, 5.74) is 1.53. The maximum atomic E-state index is 12.7. The molecule has 0 saturated carbocycles. The Balaban J connectivity index is 3.14. The zero-order chi connectivity index (χ0) is 7.56. The Hall–Kier alpha value is -0.785. The van der Waals surface area contributed by atoms with Crippen LogP contribution in [0.15, 0.2) is 18.2 Å². The van der Waals surface area contributed by atoms with Crippen LogP contribution in [0.5, 0.6) is 0 Å². The summed E-state index contributed by atoms with van der Waals surface area (Å²) < 4.78 is 12.7. The highest BCUT2D eigenvalue weighted by molar-refractivity contribution is 6.08. The van der Waals surface area contributed by atoms with Crippen molar-refractivity contribution in [2.24, 2.45) is 0 Å². The second kappa shape index (κ2) is 2.87. The summed E-state index contributed by atoms with van der Waals surface area (Å²) in [5.74, 6) is -0.178. The topological polar surface area (TPSA) is 0 Å². The minimum absolute atomic E-state index is 0.178. The van der Waals surface area contributed by atoms with Crippen LogP contribution in [0.25, 0.3) is 0 Å². The lowest BCUT2D eigenvalue weighted by molar-refractivity contribution is 0.616. The third-order valence-electron chi connectivity index (χ3n) is 1.60. The Bertz CT molecular complexity index is 233. The molecule has 50 valence electrons. The fraction of sp³-hybridized carbons (Fsp3) is 0.250. The van der Waals surface area contributed by atoms with E-state index >= 15 is 0 Å². The first-order valence-corrected chi connectivity index (χ1v) is 3.19. The van der Waals surface area contributed by atoms with Gasteiger partial charge in [0, 0.05) is 0 Å². The fourth-order valence-electron chi connectivity index (χ4n) is 0.873. The van der Waals surface area contributed by atoms with Gasteiger partial charge < -0.3 is 0 Å². The van der Waals surface area contributed by atoms with Crippen molar-refractivity contribution in [3.8, 4) is 0 Å². The smallest absolute Gasteiger partial charge is 0.126 e. The van der Waals surface area contributed by atoms with Crippen LogP contribution in [0.2, 0.25) is 0 Å². The van der Waals surface area contributed by atoms with Gasteiger partial charge in [0.25, 0.3) is 0 Å². The molecule has 2 radical (unpaired) electrons. The third-order valence-corrected chi connectivity index (χ3v) is 1.60. The number of hydrogen-bond acceptors (Lipinski definition) is 0. The molecule has 1 aromatic carbocycles. The summed E-state index contributed by atoms with van der Waals surface area (Å²) >= 11 is 0. The molecule has 0 fully saturated rings. The molecule has 0 N–H and O–H groups in total. The molecule has 1 aromatic rings. The third kappa shape index (κ3) is 1.20. The number of rotatable bonds is 1. The van der Waals surface area contributed by atoms with Crippen LogP contribution in [-0.2, 0) is 6.32 Å². The van der Waals surface area contributed by atoms with E-state index in [0.717, 1.165) is 5.56 Å². The van der Waals surface area contributed by atoms with Gasteiger partial charge >= 0.3 is 0 Å². The molecule has 0 saturated heterocycles. The predicted molar refractivity (Wildman–Crippen MR) is 40.6 cm³/mol. The van der Waals surface area contributed by atoms with Crippen LogP contribution in [0.1, 0.15) is 11.1 Å². The van der Waals surface area contributed by atoms with Gasteiger partial charge in [0.05, 0.1) is 7.85 Å². The Morgan fingerprint density at radius 1 is 1.50 bits per heavy atom. The number of benzene rings is 1. The van der Waals surface area contributed by atoms with Gasteiger partial charge in [0.2, 0.25) is 0 Å². The lowest BCUT2D eigenvalue weighted by Gasteiger charge is -2.01. The van der Waals surface area contributed by atoms with Gasteiger partial charge in [-0.2, -0.15) is 0 Å². The molecule has 10 heavy (non-hydrogen) atoms. The van der Waals surface area contributed by atoms with Crippen molar-refractivity contribution in [1.29, 1.82) is 0 Å². The van der Waals surface area contributed by atoms with E-state index in [4.69, 9.17) is 7.85 Å². The number of hydrogen-bond donors (Lipinski definition) is 0. The zero-order valence-corrected chi connectivity index (χ0v) is 5.89. The fourth-order valence-corrected chi connectivity index (χ4v) is 0.873. The van der Waals surface area contributed by atoms with Gasteiger partial charge in [0.15, 0.2) is 0 Å². The summed E-state index contributed by atoms with van der Waals surface area (Å²) in [6.07, 6.45) is 0.406. The molecule has 0 heterocycles. The largest absolute Gasteiger partial charge is 0.207 e. The molecule has 2 heteroatoms. The minimum atomic E-state index is -0.178. The summed E-state index contributed by atoms with van der Waals surface area (Å²) in [4.78, 5) is 0. The van der Waals surface area contributed by atoms with Crippen molar-refractivity contribution >= 4 is 7.85 Å². The van der Waals surface area contributed by atoms with E-state index in [9.17, 15) is 4.39 Å². The monoisotopic (exact) mass is 134 g/mol. The molecule has 0 aromatic heterocycles. The second-order valence-electron chi connectivity index (χ2n) is 2.23. The summed E-state index contributed by atoms with van der Waals surface area (Å²) in [6, 6.07) is 4.94. The lowest BCUT2D eigenvalue weighted by atomic mass is 9.93. The summed E-state index contributed by atoms with van der Waals surface area (Å²) in [6.45, 7) is 1.73. The SMILES string of the molecule is [B]Cc1cccc(F)c1C. The van der Waals surface area contributed by atoms with Gasteiger partial charge in [-0.1, -0.05) is 24.0 Å². The lowest BCUT2D eigenvalue weighted by Crippen LogP contribution is -1.91. The van der Waals surface area contributed by atoms with Crippen LogP contribution in [-0.4, -0.2) is 7.85 Å². The molecule has 0 aliphatic carbocycles. The molecule has 0 aliphatic rings. The van der Waals surface area contributed by atoms with Gasteiger partial charge in [-0.05, 0) is 18.6 Å². The van der Waals surface area contributed by atoms with Crippen molar-refractivity contribution < 1.29 is 4.39 Å². The Morgan fingerprint density at radius 2 is 2.20 bits per heavy atom. The van der Waals surface area contributed by atoms with Crippen LogP contribution >= 0.6 is 0 Å². The first kappa shape index (κ1) is 7.32. The van der Waals surface area contributed by atoms with E-state index in [1.165, 1.54) is 6.07 Å². The molecule has 0 nitrogen and oxygen atoms in total. The normalized spacial score (nSPS) is 9.80. The highest BCUT2D eigenvalue weighted by Crippen LogP contribution is 2.10. The molecule has 0 spiro atoms. The van der Waals surface area contributed by atoms with E-state index in [2.05, 4.69) is 0 Å². The van der Waals surface area contributed by atoms with Gasteiger partial charge in [-0.3, -0.25) is 0 Å². The van der Waals surface area contributed by atoms with Crippen LogP contribution in [0, 0.1) is 12.7 Å². The quantitative estimate of drug-likeness (QED) is 0.513. The second-order valence-corrected chi connectivity index (χ2v) is 2.23. The van der Waals surface area contributed by atoms with Crippen molar-refractivity contribution in [3.63, 3.8) is 0 Å². The Kier molecular flexibility index (Phi) is 2.10. The van der Waals surface area contributed by atoms with E-state index in [1.807, 2.05) is 6.07 Å². The van der Waals surface area contributed by atoms with Crippen LogP contribution < -0.4 is 0 Å². The molecule has 1 rings (SSSR count). The van der Waals surface area contributed by atoms with Crippen LogP contribution in [0.4, 0.5) is 4.39 Å². The summed E-state index contributed by atoms with van der Waals surface area (Å²) in [7, 11) is 5.35. The molecular weight excluding hydrogens is 126 g/mol. The van der Waals surface area contributed by atoms with Crippen LogP contribution in [0.3, 0.4) is 0 Å². The van der Waals surface area contributed by atoms with Crippen molar-refractivity contribution in [2.45, 2.75) is 13.2 Å². The average Bonchev–Trinajstić information content (AvgIpc) is 1.95.